The molecule has 2 aromatic carbocycles. The largest absolute Gasteiger partial charge is 0.334 e. The van der Waals surface area contributed by atoms with E-state index >= 15 is 0 Å². The smallest absolute Gasteiger partial charge is 0.319 e. The van der Waals surface area contributed by atoms with Crippen molar-refractivity contribution in [2.45, 2.75) is 33.2 Å². The van der Waals surface area contributed by atoms with Gasteiger partial charge in [-0.15, -0.1) is 0 Å². The van der Waals surface area contributed by atoms with Gasteiger partial charge in [-0.05, 0) is 36.8 Å². The van der Waals surface area contributed by atoms with Crippen LogP contribution in [0.25, 0.3) is 11.5 Å². The third-order valence-electron chi connectivity index (χ3n) is 3.88. The molecular weight excluding hydrogens is 328 g/mol. The summed E-state index contributed by atoms with van der Waals surface area (Å²) in [5.41, 5.74) is 3.74. The predicted octanol–water partition coefficient (Wildman–Crippen LogP) is 4.49. The highest BCUT2D eigenvalue weighted by atomic mass is 16.5. The van der Waals surface area contributed by atoms with Crippen LogP contribution >= 0.6 is 0 Å². The highest BCUT2D eigenvalue weighted by Crippen LogP contribution is 2.21. The molecular formula is C20H22N4O2. The number of hydrogen-bond acceptors (Lipinski definition) is 4. The summed E-state index contributed by atoms with van der Waals surface area (Å²) in [6, 6.07) is 15.1. The number of aryl methyl sites for hydroxylation is 1. The van der Waals surface area contributed by atoms with Crippen molar-refractivity contribution in [1.82, 2.24) is 15.5 Å². The molecule has 2 N–H and O–H groups in total. The molecule has 0 fully saturated rings. The topological polar surface area (TPSA) is 80.0 Å². The van der Waals surface area contributed by atoms with Crippen molar-refractivity contribution in [1.29, 1.82) is 0 Å². The maximum absolute atomic E-state index is 12.0. The Morgan fingerprint density at radius 1 is 1.15 bits per heavy atom. The lowest BCUT2D eigenvalue weighted by molar-refractivity contribution is 0.251. The number of nitrogens with one attached hydrogen (secondary N) is 2. The van der Waals surface area contributed by atoms with E-state index in [9.17, 15) is 4.79 Å². The van der Waals surface area contributed by atoms with Crippen LogP contribution in [-0.4, -0.2) is 16.2 Å². The highest BCUT2D eigenvalue weighted by molar-refractivity contribution is 5.89. The van der Waals surface area contributed by atoms with Gasteiger partial charge in [0.1, 0.15) is 0 Å². The summed E-state index contributed by atoms with van der Waals surface area (Å²) in [5.74, 6) is 1.37. The number of hydrogen-bond donors (Lipinski definition) is 2. The van der Waals surface area contributed by atoms with E-state index in [1.54, 1.807) is 12.1 Å². The number of carbonyl (C=O) groups excluding carboxylic acids is 1. The van der Waals surface area contributed by atoms with Gasteiger partial charge in [-0.2, -0.15) is 4.98 Å². The molecule has 0 spiro atoms. The van der Waals surface area contributed by atoms with E-state index in [0.717, 1.165) is 11.1 Å². The molecule has 0 radical (unpaired) electrons. The van der Waals surface area contributed by atoms with Crippen LogP contribution in [0.3, 0.4) is 0 Å². The Morgan fingerprint density at radius 3 is 2.58 bits per heavy atom. The van der Waals surface area contributed by atoms with E-state index in [0.29, 0.717) is 23.9 Å². The zero-order valence-electron chi connectivity index (χ0n) is 15.1. The molecule has 0 saturated carbocycles. The standard InChI is InChI=1S/C20H22N4O2/c1-13(2)18-23-19(26-24-18)16-7-9-17(10-8-16)22-20(25)21-12-15-6-4-5-14(3)11-15/h4-11,13H,12H2,1-3H3,(H2,21,22,25). The molecule has 0 unspecified atom stereocenters. The lowest BCUT2D eigenvalue weighted by Gasteiger charge is -2.08. The van der Waals surface area contributed by atoms with Gasteiger partial charge < -0.3 is 15.2 Å². The van der Waals surface area contributed by atoms with E-state index in [2.05, 4.69) is 20.8 Å². The fourth-order valence-corrected chi connectivity index (χ4v) is 2.46. The van der Waals surface area contributed by atoms with Gasteiger partial charge in [0.15, 0.2) is 5.82 Å². The molecule has 0 saturated heterocycles. The number of nitrogens with zero attached hydrogens (tertiary/aromatic N) is 2. The Morgan fingerprint density at radius 2 is 1.92 bits per heavy atom. The summed E-state index contributed by atoms with van der Waals surface area (Å²) in [7, 11) is 0. The van der Waals surface area contributed by atoms with Gasteiger partial charge in [-0.25, -0.2) is 4.79 Å². The van der Waals surface area contributed by atoms with Gasteiger partial charge in [-0.1, -0.05) is 48.8 Å². The molecule has 0 aliphatic rings. The minimum absolute atomic E-state index is 0.213. The average Bonchev–Trinajstić information content (AvgIpc) is 3.11. The number of benzene rings is 2. The Balaban J connectivity index is 1.57. The SMILES string of the molecule is Cc1cccc(CNC(=O)Nc2ccc(-c3nc(C(C)C)no3)cc2)c1. The first kappa shape index (κ1) is 17.7. The van der Waals surface area contributed by atoms with Crippen LogP contribution in [0, 0.1) is 6.92 Å². The van der Waals surface area contributed by atoms with Gasteiger partial charge in [0.2, 0.25) is 0 Å². The first-order valence-corrected chi connectivity index (χ1v) is 8.55. The average molecular weight is 350 g/mol. The second-order valence-electron chi connectivity index (χ2n) is 6.49. The Hall–Kier alpha value is -3.15. The Bertz CT molecular complexity index is 885. The Kier molecular flexibility index (Phi) is 5.31. The minimum atomic E-state index is -0.251. The molecule has 6 heteroatoms. The van der Waals surface area contributed by atoms with Gasteiger partial charge in [-0.3, -0.25) is 0 Å². The maximum atomic E-state index is 12.0. The number of rotatable bonds is 5. The monoisotopic (exact) mass is 350 g/mol. The predicted molar refractivity (Wildman–Crippen MR) is 101 cm³/mol. The molecule has 1 aromatic heterocycles. The van der Waals surface area contributed by atoms with E-state index in [1.807, 2.05) is 57.2 Å². The molecule has 1 heterocycles. The highest BCUT2D eigenvalue weighted by Gasteiger charge is 2.11. The van der Waals surface area contributed by atoms with Crippen molar-refractivity contribution in [3.05, 3.63) is 65.5 Å². The molecule has 3 rings (SSSR count). The molecule has 6 nitrogen and oxygen atoms in total. The first-order chi connectivity index (χ1) is 12.5. The molecule has 134 valence electrons. The molecule has 2 amide bonds. The summed E-state index contributed by atoms with van der Waals surface area (Å²) in [4.78, 5) is 16.4. The fourth-order valence-electron chi connectivity index (χ4n) is 2.46. The molecule has 0 aliphatic heterocycles. The Labute approximate surface area is 152 Å². The summed E-state index contributed by atoms with van der Waals surface area (Å²) < 4.78 is 5.27. The normalized spacial score (nSPS) is 10.8. The molecule has 3 aromatic rings. The number of aromatic nitrogens is 2. The van der Waals surface area contributed by atoms with Crippen LogP contribution in [-0.2, 0) is 6.54 Å². The van der Waals surface area contributed by atoms with Gasteiger partial charge in [0.25, 0.3) is 5.89 Å². The van der Waals surface area contributed by atoms with Crippen molar-refractivity contribution in [2.75, 3.05) is 5.32 Å². The van der Waals surface area contributed by atoms with Crippen LogP contribution < -0.4 is 10.6 Å². The van der Waals surface area contributed by atoms with Crippen molar-refractivity contribution in [3.63, 3.8) is 0 Å². The maximum Gasteiger partial charge on any atom is 0.319 e. The van der Waals surface area contributed by atoms with E-state index in [1.165, 1.54) is 5.56 Å². The number of amides is 2. The summed E-state index contributed by atoms with van der Waals surface area (Å²) in [6.45, 7) is 6.53. The number of anilines is 1. The summed E-state index contributed by atoms with van der Waals surface area (Å²) in [6.07, 6.45) is 0. The lowest BCUT2D eigenvalue weighted by atomic mass is 10.1. The van der Waals surface area contributed by atoms with Crippen LogP contribution in [0.2, 0.25) is 0 Å². The van der Waals surface area contributed by atoms with Gasteiger partial charge in [0.05, 0.1) is 0 Å². The van der Waals surface area contributed by atoms with E-state index in [4.69, 9.17) is 4.52 Å². The second kappa shape index (κ2) is 7.82. The number of urea groups is 1. The molecule has 26 heavy (non-hydrogen) atoms. The van der Waals surface area contributed by atoms with E-state index in [-0.39, 0.29) is 11.9 Å². The zero-order chi connectivity index (χ0) is 18.5. The van der Waals surface area contributed by atoms with Crippen LogP contribution in [0.1, 0.15) is 36.7 Å². The van der Waals surface area contributed by atoms with Crippen molar-refractivity contribution in [2.24, 2.45) is 0 Å². The number of carbonyl (C=O) groups is 1. The molecule has 0 atom stereocenters. The molecule has 0 bridgehead atoms. The van der Waals surface area contributed by atoms with Gasteiger partial charge >= 0.3 is 6.03 Å². The third-order valence-corrected chi connectivity index (χ3v) is 3.88. The van der Waals surface area contributed by atoms with Crippen molar-refractivity contribution < 1.29 is 9.32 Å². The van der Waals surface area contributed by atoms with Gasteiger partial charge in [0, 0.05) is 23.7 Å². The van der Waals surface area contributed by atoms with Crippen molar-refractivity contribution >= 4 is 11.7 Å². The van der Waals surface area contributed by atoms with Crippen LogP contribution in [0.4, 0.5) is 10.5 Å². The second-order valence-corrected chi connectivity index (χ2v) is 6.49. The van der Waals surface area contributed by atoms with Crippen molar-refractivity contribution in [3.8, 4) is 11.5 Å². The lowest BCUT2D eigenvalue weighted by Crippen LogP contribution is -2.28. The summed E-state index contributed by atoms with van der Waals surface area (Å²) in [5, 5.41) is 9.61. The van der Waals surface area contributed by atoms with E-state index < -0.39 is 0 Å². The quantitative estimate of drug-likeness (QED) is 0.710. The zero-order valence-corrected chi connectivity index (χ0v) is 15.1. The first-order valence-electron chi connectivity index (χ1n) is 8.55. The van der Waals surface area contributed by atoms with Crippen LogP contribution in [0.15, 0.2) is 53.1 Å². The minimum Gasteiger partial charge on any atom is -0.334 e. The van der Waals surface area contributed by atoms with Crippen LogP contribution in [0.5, 0.6) is 0 Å². The summed E-state index contributed by atoms with van der Waals surface area (Å²) >= 11 is 0. The fraction of sp³-hybridized carbons (Fsp3) is 0.250. The molecule has 0 aliphatic carbocycles. The third kappa shape index (κ3) is 4.47.